The van der Waals surface area contributed by atoms with Crippen LogP contribution >= 0.6 is 0 Å². The molecule has 158 valence electrons. The lowest BCUT2D eigenvalue weighted by molar-refractivity contribution is -0.115. The van der Waals surface area contributed by atoms with Gasteiger partial charge in [-0.25, -0.2) is 4.68 Å². The van der Waals surface area contributed by atoms with Crippen LogP contribution < -0.4 is 5.01 Å². The fourth-order valence-electron chi connectivity index (χ4n) is 4.23. The SMILES string of the molecule is CC1=NN(c2ccccc2)C(=O)/C1=C1/C(=O)C(c2c(C)nn(-c3ccccc3)c2C)=C1O. The lowest BCUT2D eigenvalue weighted by Crippen LogP contribution is -2.29. The molecule has 7 heteroatoms. The molecule has 1 N–H and O–H groups in total. The predicted molar refractivity (Wildman–Crippen MR) is 122 cm³/mol. The standard InChI is InChI=1S/C25H20N4O3/c1-14-19(16(3)28(26-14)17-10-6-4-7-11-17)21-23(30)22(24(21)31)20-15(2)27-29(25(20)32)18-12-8-5-9-13-18/h4-13,30H,1-3H3/b22-20+. The van der Waals surface area contributed by atoms with Crippen molar-refractivity contribution in [1.29, 1.82) is 0 Å². The maximum Gasteiger partial charge on any atom is 0.281 e. The lowest BCUT2D eigenvalue weighted by atomic mass is 9.79. The van der Waals surface area contributed by atoms with Gasteiger partial charge in [0, 0.05) is 11.3 Å². The van der Waals surface area contributed by atoms with Crippen molar-refractivity contribution in [3.8, 4) is 5.69 Å². The minimum atomic E-state index is -0.434. The zero-order valence-corrected chi connectivity index (χ0v) is 17.8. The van der Waals surface area contributed by atoms with Gasteiger partial charge in [0.25, 0.3) is 5.91 Å². The number of rotatable bonds is 3. The van der Waals surface area contributed by atoms with Crippen molar-refractivity contribution in [3.63, 3.8) is 0 Å². The van der Waals surface area contributed by atoms with Crippen LogP contribution in [0.1, 0.15) is 23.9 Å². The highest BCUT2D eigenvalue weighted by molar-refractivity contribution is 6.45. The Morgan fingerprint density at radius 3 is 1.97 bits per heavy atom. The molecule has 32 heavy (non-hydrogen) atoms. The number of benzene rings is 2. The normalized spacial score (nSPS) is 18.3. The number of aliphatic hydroxyl groups is 1. The van der Waals surface area contributed by atoms with Crippen LogP contribution in [-0.4, -0.2) is 32.3 Å². The monoisotopic (exact) mass is 424 g/mol. The van der Waals surface area contributed by atoms with E-state index in [1.807, 2.05) is 43.3 Å². The average molecular weight is 424 g/mol. The Labute approximate surface area is 184 Å². The van der Waals surface area contributed by atoms with Gasteiger partial charge < -0.3 is 5.11 Å². The van der Waals surface area contributed by atoms with E-state index in [9.17, 15) is 14.7 Å². The molecule has 0 radical (unpaired) electrons. The molecule has 0 saturated carbocycles. The van der Waals surface area contributed by atoms with E-state index >= 15 is 0 Å². The summed E-state index contributed by atoms with van der Waals surface area (Å²) in [7, 11) is 0. The summed E-state index contributed by atoms with van der Waals surface area (Å²) in [5, 5.41) is 21.0. The zero-order chi connectivity index (χ0) is 22.6. The zero-order valence-electron chi connectivity index (χ0n) is 17.8. The molecule has 0 unspecified atom stereocenters. The van der Waals surface area contributed by atoms with Crippen LogP contribution in [0.4, 0.5) is 5.69 Å². The van der Waals surface area contributed by atoms with Crippen LogP contribution in [0.5, 0.6) is 0 Å². The molecule has 1 aliphatic heterocycles. The number of aromatic nitrogens is 2. The first-order chi connectivity index (χ1) is 15.4. The average Bonchev–Trinajstić information content (AvgIpc) is 3.26. The van der Waals surface area contributed by atoms with E-state index in [1.54, 1.807) is 42.8 Å². The first-order valence-corrected chi connectivity index (χ1v) is 10.2. The third kappa shape index (κ3) is 2.75. The number of aliphatic hydroxyl groups excluding tert-OH is 1. The summed E-state index contributed by atoms with van der Waals surface area (Å²) in [6.45, 7) is 5.31. The Balaban J connectivity index is 1.59. The van der Waals surface area contributed by atoms with Crippen molar-refractivity contribution < 1.29 is 14.7 Å². The topological polar surface area (TPSA) is 87.8 Å². The van der Waals surface area contributed by atoms with Gasteiger partial charge in [-0.1, -0.05) is 36.4 Å². The molecule has 0 atom stereocenters. The molecule has 1 amide bonds. The first-order valence-electron chi connectivity index (χ1n) is 10.2. The summed E-state index contributed by atoms with van der Waals surface area (Å²) in [5.41, 5.74) is 4.11. The van der Waals surface area contributed by atoms with E-state index in [-0.39, 0.29) is 28.3 Å². The van der Waals surface area contributed by atoms with Gasteiger partial charge >= 0.3 is 0 Å². The van der Waals surface area contributed by atoms with Gasteiger partial charge in [0.05, 0.1) is 39.5 Å². The summed E-state index contributed by atoms with van der Waals surface area (Å²) < 4.78 is 1.74. The van der Waals surface area contributed by atoms with E-state index in [4.69, 9.17) is 0 Å². The second-order valence-electron chi connectivity index (χ2n) is 7.73. The van der Waals surface area contributed by atoms with Gasteiger partial charge in [-0.3, -0.25) is 9.59 Å². The number of aryl methyl sites for hydroxylation is 1. The van der Waals surface area contributed by atoms with Crippen molar-refractivity contribution in [2.24, 2.45) is 5.10 Å². The molecule has 0 spiro atoms. The molecular formula is C25H20N4O3. The second kappa shape index (κ2) is 7.16. The van der Waals surface area contributed by atoms with Gasteiger partial charge in [-0.05, 0) is 45.0 Å². The molecule has 2 heterocycles. The molecule has 1 aliphatic carbocycles. The summed E-state index contributed by atoms with van der Waals surface area (Å²) in [6.07, 6.45) is 0. The number of para-hydroxylation sites is 2. The summed E-state index contributed by atoms with van der Waals surface area (Å²) >= 11 is 0. The smallest absolute Gasteiger partial charge is 0.281 e. The number of ketones is 1. The van der Waals surface area contributed by atoms with Crippen LogP contribution in [0.3, 0.4) is 0 Å². The molecule has 3 aromatic rings. The fraction of sp³-hybridized carbons (Fsp3) is 0.120. The summed E-state index contributed by atoms with van der Waals surface area (Å²) in [4.78, 5) is 26.3. The Kier molecular flexibility index (Phi) is 4.41. The predicted octanol–water partition coefficient (Wildman–Crippen LogP) is 4.06. The number of allylic oxidation sites excluding steroid dienone is 2. The van der Waals surface area contributed by atoms with E-state index in [2.05, 4.69) is 10.2 Å². The molecule has 0 bridgehead atoms. The number of anilines is 1. The van der Waals surface area contributed by atoms with Gasteiger partial charge in [0.15, 0.2) is 0 Å². The lowest BCUT2D eigenvalue weighted by Gasteiger charge is -2.23. The van der Waals surface area contributed by atoms with Gasteiger partial charge in [-0.2, -0.15) is 15.2 Å². The first kappa shape index (κ1) is 19.7. The maximum absolute atomic E-state index is 13.2. The van der Waals surface area contributed by atoms with Crippen molar-refractivity contribution in [2.45, 2.75) is 20.8 Å². The van der Waals surface area contributed by atoms with Crippen molar-refractivity contribution >= 4 is 28.7 Å². The second-order valence-corrected chi connectivity index (χ2v) is 7.73. The number of hydrogen-bond acceptors (Lipinski definition) is 5. The molecule has 1 aromatic heterocycles. The number of Topliss-reactive ketones (excluding diaryl/α,β-unsaturated/α-hetero) is 1. The highest BCUT2D eigenvalue weighted by Gasteiger charge is 2.44. The molecule has 7 nitrogen and oxygen atoms in total. The number of carbonyl (C=O) groups is 2. The number of hydrazone groups is 1. The quantitative estimate of drug-likeness (QED) is 0.643. The molecule has 2 aliphatic rings. The van der Waals surface area contributed by atoms with Crippen LogP contribution in [0.2, 0.25) is 0 Å². The number of amides is 1. The van der Waals surface area contributed by atoms with Gasteiger partial charge in [0.1, 0.15) is 5.76 Å². The van der Waals surface area contributed by atoms with E-state index in [0.717, 1.165) is 11.4 Å². The molecular weight excluding hydrogens is 404 g/mol. The molecule has 0 saturated heterocycles. The number of hydrogen-bond donors (Lipinski definition) is 1. The fourth-order valence-corrected chi connectivity index (χ4v) is 4.23. The third-order valence-electron chi connectivity index (χ3n) is 5.74. The van der Waals surface area contributed by atoms with Crippen LogP contribution in [-0.2, 0) is 9.59 Å². The molecule has 2 aromatic carbocycles. The van der Waals surface area contributed by atoms with Crippen LogP contribution in [0, 0.1) is 13.8 Å². The molecule has 0 fully saturated rings. The van der Waals surface area contributed by atoms with E-state index in [0.29, 0.717) is 22.7 Å². The minimum absolute atomic E-state index is 0.0101. The van der Waals surface area contributed by atoms with Crippen LogP contribution in [0.15, 0.2) is 82.7 Å². The van der Waals surface area contributed by atoms with Crippen molar-refractivity contribution in [2.75, 3.05) is 5.01 Å². The Hall–Kier alpha value is -4.26. The van der Waals surface area contributed by atoms with Crippen molar-refractivity contribution in [1.82, 2.24) is 9.78 Å². The van der Waals surface area contributed by atoms with Crippen molar-refractivity contribution in [3.05, 3.63) is 94.5 Å². The number of carbonyl (C=O) groups excluding carboxylic acids is 2. The van der Waals surface area contributed by atoms with E-state index in [1.165, 1.54) is 5.01 Å². The Bertz CT molecular complexity index is 1380. The highest BCUT2D eigenvalue weighted by Crippen LogP contribution is 2.42. The Morgan fingerprint density at radius 1 is 0.781 bits per heavy atom. The highest BCUT2D eigenvalue weighted by atomic mass is 16.3. The summed E-state index contributed by atoms with van der Waals surface area (Å²) in [5.74, 6) is -1.01. The largest absolute Gasteiger partial charge is 0.506 e. The molecule has 5 rings (SSSR count). The maximum atomic E-state index is 13.2. The third-order valence-corrected chi connectivity index (χ3v) is 5.74. The van der Waals surface area contributed by atoms with Gasteiger partial charge in [0.2, 0.25) is 5.78 Å². The summed E-state index contributed by atoms with van der Waals surface area (Å²) in [6, 6.07) is 18.5. The minimum Gasteiger partial charge on any atom is -0.506 e. The Morgan fingerprint density at radius 2 is 1.38 bits per heavy atom. The van der Waals surface area contributed by atoms with E-state index < -0.39 is 5.91 Å². The van der Waals surface area contributed by atoms with Gasteiger partial charge in [-0.15, -0.1) is 0 Å². The van der Waals surface area contributed by atoms with Crippen LogP contribution in [0.25, 0.3) is 11.3 Å². The number of nitrogens with zero attached hydrogens (tertiary/aromatic N) is 4.